The average Bonchev–Trinajstić information content (AvgIpc) is 2.72. The van der Waals surface area contributed by atoms with E-state index in [1.165, 1.54) is 19.3 Å². The molecule has 4 heteroatoms. The normalized spacial score (nSPS) is 34.0. The number of carbonyl (C=O) groups is 1. The topological polar surface area (TPSA) is 32.3 Å². The third kappa shape index (κ3) is 3.59. The van der Waals surface area contributed by atoms with Crippen molar-refractivity contribution >= 4 is 18.3 Å². The van der Waals surface area contributed by atoms with Crippen molar-refractivity contribution in [3.05, 3.63) is 0 Å². The van der Waals surface area contributed by atoms with E-state index in [-0.39, 0.29) is 18.3 Å². The van der Waals surface area contributed by atoms with Gasteiger partial charge in [-0.15, -0.1) is 12.4 Å². The minimum absolute atomic E-state index is 0. The number of carbonyl (C=O) groups excluding carboxylic acids is 1. The first kappa shape index (κ1) is 14.8. The molecule has 100 valence electrons. The highest BCUT2D eigenvalue weighted by atomic mass is 35.5. The number of rotatable bonds is 1. The van der Waals surface area contributed by atoms with Crippen molar-refractivity contribution in [1.29, 1.82) is 0 Å². The van der Waals surface area contributed by atoms with Crippen LogP contribution in [-0.2, 0) is 4.79 Å². The Hall–Kier alpha value is -0.280. The first-order valence-electron chi connectivity index (χ1n) is 6.69. The van der Waals surface area contributed by atoms with Crippen molar-refractivity contribution in [2.45, 2.75) is 45.6 Å². The molecule has 2 heterocycles. The van der Waals surface area contributed by atoms with Gasteiger partial charge in [-0.05, 0) is 38.6 Å². The quantitative estimate of drug-likeness (QED) is 0.783. The van der Waals surface area contributed by atoms with Crippen molar-refractivity contribution in [3.8, 4) is 0 Å². The van der Waals surface area contributed by atoms with E-state index in [1.807, 2.05) is 0 Å². The van der Waals surface area contributed by atoms with Crippen molar-refractivity contribution in [1.82, 2.24) is 10.2 Å². The number of nitrogens with zero attached hydrogens (tertiary/aromatic N) is 1. The standard InChI is InChI=1S/C13H24N2O.ClH/c1-10-4-3-5-11(2)15(9-10)13(16)12-6-7-14-8-12;/h10-12,14H,3-9H2,1-2H3;1H. The molecule has 0 spiro atoms. The van der Waals surface area contributed by atoms with Crippen molar-refractivity contribution in [2.75, 3.05) is 19.6 Å². The van der Waals surface area contributed by atoms with E-state index in [4.69, 9.17) is 0 Å². The fourth-order valence-electron chi connectivity index (χ4n) is 2.93. The third-order valence-electron chi connectivity index (χ3n) is 4.05. The number of likely N-dealkylation sites (tertiary alicyclic amines) is 1. The van der Waals surface area contributed by atoms with E-state index in [1.54, 1.807) is 0 Å². The van der Waals surface area contributed by atoms with Crippen molar-refractivity contribution < 1.29 is 4.79 Å². The molecule has 0 radical (unpaired) electrons. The number of halogens is 1. The Labute approximate surface area is 111 Å². The Morgan fingerprint density at radius 2 is 2.00 bits per heavy atom. The summed E-state index contributed by atoms with van der Waals surface area (Å²) in [7, 11) is 0. The Morgan fingerprint density at radius 3 is 2.65 bits per heavy atom. The molecule has 0 aromatic carbocycles. The lowest BCUT2D eigenvalue weighted by atomic mass is 10.0. The summed E-state index contributed by atoms with van der Waals surface area (Å²) < 4.78 is 0. The Kier molecular flexibility index (Phi) is 5.74. The molecule has 0 aromatic heterocycles. The fourth-order valence-corrected chi connectivity index (χ4v) is 2.93. The molecular formula is C13H25ClN2O. The number of hydrogen-bond acceptors (Lipinski definition) is 2. The summed E-state index contributed by atoms with van der Waals surface area (Å²) >= 11 is 0. The molecule has 2 saturated heterocycles. The summed E-state index contributed by atoms with van der Waals surface area (Å²) in [6.45, 7) is 7.34. The van der Waals surface area contributed by atoms with E-state index >= 15 is 0 Å². The van der Waals surface area contributed by atoms with Gasteiger partial charge in [-0.25, -0.2) is 0 Å². The third-order valence-corrected chi connectivity index (χ3v) is 4.05. The number of hydrogen-bond donors (Lipinski definition) is 1. The van der Waals surface area contributed by atoms with Gasteiger partial charge >= 0.3 is 0 Å². The van der Waals surface area contributed by atoms with Crippen molar-refractivity contribution in [3.63, 3.8) is 0 Å². The second-order valence-electron chi connectivity index (χ2n) is 5.57. The van der Waals surface area contributed by atoms with Gasteiger partial charge in [0.2, 0.25) is 5.91 Å². The van der Waals surface area contributed by atoms with Crippen LogP contribution in [0.15, 0.2) is 0 Å². The van der Waals surface area contributed by atoms with Crippen LogP contribution in [0.25, 0.3) is 0 Å². The van der Waals surface area contributed by atoms with Crippen LogP contribution in [0.5, 0.6) is 0 Å². The van der Waals surface area contributed by atoms with Crippen LogP contribution in [-0.4, -0.2) is 36.5 Å². The van der Waals surface area contributed by atoms with Gasteiger partial charge in [0.15, 0.2) is 0 Å². The lowest BCUT2D eigenvalue weighted by Crippen LogP contribution is -2.43. The first-order valence-corrected chi connectivity index (χ1v) is 6.69. The van der Waals surface area contributed by atoms with Crippen LogP contribution in [0.2, 0.25) is 0 Å². The van der Waals surface area contributed by atoms with E-state index in [2.05, 4.69) is 24.1 Å². The second-order valence-corrected chi connectivity index (χ2v) is 5.57. The molecule has 0 bridgehead atoms. The maximum absolute atomic E-state index is 12.4. The van der Waals surface area contributed by atoms with Gasteiger partial charge in [0.1, 0.15) is 0 Å². The summed E-state index contributed by atoms with van der Waals surface area (Å²) in [5.41, 5.74) is 0. The zero-order chi connectivity index (χ0) is 11.5. The predicted molar refractivity (Wildman–Crippen MR) is 72.4 cm³/mol. The van der Waals surface area contributed by atoms with Crippen LogP contribution >= 0.6 is 12.4 Å². The van der Waals surface area contributed by atoms with Gasteiger partial charge in [-0.2, -0.15) is 0 Å². The van der Waals surface area contributed by atoms with E-state index in [0.717, 1.165) is 26.1 Å². The molecule has 17 heavy (non-hydrogen) atoms. The average molecular weight is 261 g/mol. The second kappa shape index (κ2) is 6.60. The molecule has 2 rings (SSSR count). The molecule has 3 atom stereocenters. The SMILES string of the molecule is CC1CCCC(C)N(C(=O)C2CCNC2)C1.Cl. The van der Waals surface area contributed by atoms with Crippen LogP contribution in [0, 0.1) is 11.8 Å². The van der Waals surface area contributed by atoms with E-state index in [9.17, 15) is 4.79 Å². The highest BCUT2D eigenvalue weighted by molar-refractivity contribution is 5.85. The highest BCUT2D eigenvalue weighted by Gasteiger charge is 2.31. The number of amides is 1. The molecule has 1 amide bonds. The summed E-state index contributed by atoms with van der Waals surface area (Å²) in [4.78, 5) is 14.5. The molecule has 1 N–H and O–H groups in total. The lowest BCUT2D eigenvalue weighted by molar-refractivity contribution is -0.137. The predicted octanol–water partition coefficient (Wildman–Crippen LogP) is 2.05. The van der Waals surface area contributed by atoms with E-state index in [0.29, 0.717) is 17.9 Å². The molecular weight excluding hydrogens is 236 g/mol. The van der Waals surface area contributed by atoms with Crippen molar-refractivity contribution in [2.24, 2.45) is 11.8 Å². The summed E-state index contributed by atoms with van der Waals surface area (Å²) in [6, 6.07) is 0.443. The minimum atomic E-state index is 0. The van der Waals surface area contributed by atoms with Gasteiger partial charge in [0.25, 0.3) is 0 Å². The molecule has 3 nitrogen and oxygen atoms in total. The summed E-state index contributed by atoms with van der Waals surface area (Å²) in [6.07, 6.45) is 4.75. The highest BCUT2D eigenvalue weighted by Crippen LogP contribution is 2.23. The Morgan fingerprint density at radius 1 is 1.24 bits per heavy atom. The molecule has 0 saturated carbocycles. The molecule has 2 aliphatic rings. The van der Waals surface area contributed by atoms with Gasteiger partial charge < -0.3 is 10.2 Å². The van der Waals surface area contributed by atoms with Gasteiger partial charge in [-0.1, -0.05) is 13.3 Å². The minimum Gasteiger partial charge on any atom is -0.339 e. The first-order chi connectivity index (χ1) is 7.68. The maximum Gasteiger partial charge on any atom is 0.227 e. The molecule has 0 aromatic rings. The summed E-state index contributed by atoms with van der Waals surface area (Å²) in [5.74, 6) is 1.31. The Balaban J connectivity index is 0.00000144. The molecule has 2 fully saturated rings. The van der Waals surface area contributed by atoms with Crippen LogP contribution in [0.3, 0.4) is 0 Å². The van der Waals surface area contributed by atoms with Crippen LogP contribution < -0.4 is 5.32 Å². The molecule has 0 aliphatic carbocycles. The number of nitrogens with one attached hydrogen (secondary N) is 1. The van der Waals surface area contributed by atoms with Gasteiger partial charge in [0, 0.05) is 19.1 Å². The smallest absolute Gasteiger partial charge is 0.227 e. The zero-order valence-electron chi connectivity index (χ0n) is 10.9. The fraction of sp³-hybridized carbons (Fsp3) is 0.923. The van der Waals surface area contributed by atoms with Gasteiger partial charge in [-0.3, -0.25) is 4.79 Å². The zero-order valence-corrected chi connectivity index (χ0v) is 11.8. The monoisotopic (exact) mass is 260 g/mol. The van der Waals surface area contributed by atoms with Gasteiger partial charge in [0.05, 0.1) is 5.92 Å². The summed E-state index contributed by atoms with van der Waals surface area (Å²) in [5, 5.41) is 3.29. The molecule has 2 aliphatic heterocycles. The maximum atomic E-state index is 12.4. The largest absolute Gasteiger partial charge is 0.339 e. The van der Waals surface area contributed by atoms with E-state index < -0.39 is 0 Å². The lowest BCUT2D eigenvalue weighted by Gasteiger charge is -2.31. The molecule has 3 unspecified atom stereocenters. The van der Waals surface area contributed by atoms with Crippen LogP contribution in [0.4, 0.5) is 0 Å². The van der Waals surface area contributed by atoms with Crippen LogP contribution in [0.1, 0.15) is 39.5 Å². The Bertz CT molecular complexity index is 254.